The molecule has 0 saturated heterocycles. The van der Waals surface area contributed by atoms with E-state index in [0.29, 0.717) is 28.2 Å². The Labute approximate surface area is 183 Å². The molecule has 0 amide bonds. The second-order valence-corrected chi connectivity index (χ2v) is 6.71. The Morgan fingerprint density at radius 2 is 1.09 bits per heavy atom. The third kappa shape index (κ3) is 4.79. The molecule has 0 fully saturated rings. The highest BCUT2D eigenvalue weighted by Gasteiger charge is 2.03. The molecule has 4 rings (SSSR count). The highest BCUT2D eigenvalue weighted by atomic mass is 16.4. The number of pyridine rings is 2. The van der Waals surface area contributed by atoms with Gasteiger partial charge in [0.1, 0.15) is 11.4 Å². The lowest BCUT2D eigenvalue weighted by Gasteiger charge is -1.98. The Morgan fingerprint density at radius 1 is 0.625 bits per heavy atom. The fraction of sp³-hybridized carbons (Fsp3) is 0. The van der Waals surface area contributed by atoms with E-state index in [9.17, 15) is 9.59 Å². The third-order valence-corrected chi connectivity index (χ3v) is 4.44. The number of carboxylic acid groups (broad SMARTS) is 2. The molecule has 32 heavy (non-hydrogen) atoms. The second kappa shape index (κ2) is 8.83. The molecule has 2 N–H and O–H groups in total. The molecule has 2 heterocycles. The van der Waals surface area contributed by atoms with Crippen molar-refractivity contribution in [3.63, 3.8) is 0 Å². The van der Waals surface area contributed by atoms with Crippen LogP contribution in [0.5, 0.6) is 0 Å². The number of hydrogen-bond donors (Lipinski definition) is 2. The molecule has 0 bridgehead atoms. The van der Waals surface area contributed by atoms with Crippen molar-refractivity contribution in [2.24, 2.45) is 0 Å². The quantitative estimate of drug-likeness (QED) is 0.480. The van der Waals surface area contributed by atoms with E-state index >= 15 is 0 Å². The van der Waals surface area contributed by atoms with Gasteiger partial charge in [-0.3, -0.25) is 0 Å². The standard InChI is InChI=1S/C26H14N2O4/c29-25(30)20-5-1-3-17(15-20)7-11-22-13-9-19-10-14-23(28-24(19)27-22)12-8-18-4-2-6-21(16-18)26(31)32/h1-6,9-10,13-16H,(H,29,30)(H,31,32). The minimum absolute atomic E-state index is 0.169. The van der Waals surface area contributed by atoms with Crippen molar-refractivity contribution in [3.05, 3.63) is 106 Å². The minimum atomic E-state index is -1.01. The molecule has 2 aromatic carbocycles. The van der Waals surface area contributed by atoms with Crippen molar-refractivity contribution in [2.75, 3.05) is 0 Å². The van der Waals surface area contributed by atoms with E-state index in [1.807, 2.05) is 12.1 Å². The van der Waals surface area contributed by atoms with Crippen molar-refractivity contribution < 1.29 is 19.8 Å². The van der Waals surface area contributed by atoms with Crippen molar-refractivity contribution >= 4 is 23.0 Å². The van der Waals surface area contributed by atoms with Gasteiger partial charge in [0.15, 0.2) is 5.65 Å². The summed E-state index contributed by atoms with van der Waals surface area (Å²) in [7, 11) is 0. The van der Waals surface area contributed by atoms with E-state index in [1.54, 1.807) is 36.4 Å². The average molecular weight is 418 g/mol. The number of aromatic nitrogens is 2. The second-order valence-electron chi connectivity index (χ2n) is 6.71. The predicted molar refractivity (Wildman–Crippen MR) is 118 cm³/mol. The molecule has 2 aromatic heterocycles. The molecule has 0 atom stereocenters. The van der Waals surface area contributed by atoms with Crippen LogP contribution in [0.25, 0.3) is 11.0 Å². The first-order chi connectivity index (χ1) is 15.5. The summed E-state index contributed by atoms with van der Waals surface area (Å²) in [5.74, 6) is 9.67. The molecule has 0 radical (unpaired) electrons. The Kier molecular flexibility index (Phi) is 5.61. The molecule has 0 aliphatic heterocycles. The van der Waals surface area contributed by atoms with E-state index in [4.69, 9.17) is 10.2 Å². The lowest BCUT2D eigenvalue weighted by molar-refractivity contribution is 0.0686. The van der Waals surface area contributed by atoms with Gasteiger partial charge in [0.25, 0.3) is 0 Å². The molecule has 0 spiro atoms. The number of fused-ring (bicyclic) bond motifs is 1. The summed E-state index contributed by atoms with van der Waals surface area (Å²) in [5, 5.41) is 19.0. The van der Waals surface area contributed by atoms with Crippen LogP contribution in [0.15, 0.2) is 72.8 Å². The van der Waals surface area contributed by atoms with E-state index in [0.717, 1.165) is 5.39 Å². The van der Waals surface area contributed by atoms with E-state index in [1.165, 1.54) is 24.3 Å². The van der Waals surface area contributed by atoms with Crippen LogP contribution in [0.1, 0.15) is 43.2 Å². The van der Waals surface area contributed by atoms with E-state index in [2.05, 4.69) is 33.6 Å². The van der Waals surface area contributed by atoms with Gasteiger partial charge >= 0.3 is 11.9 Å². The van der Waals surface area contributed by atoms with Crippen LogP contribution in [-0.4, -0.2) is 32.1 Å². The molecule has 152 valence electrons. The van der Waals surface area contributed by atoms with Gasteiger partial charge in [0.2, 0.25) is 0 Å². The van der Waals surface area contributed by atoms with Crippen LogP contribution in [0.3, 0.4) is 0 Å². The van der Waals surface area contributed by atoms with Gasteiger partial charge in [0, 0.05) is 16.5 Å². The maximum Gasteiger partial charge on any atom is 0.335 e. The number of aromatic carboxylic acids is 2. The molecule has 6 heteroatoms. The van der Waals surface area contributed by atoms with Gasteiger partial charge in [-0.2, -0.15) is 0 Å². The SMILES string of the molecule is O=C(O)c1cccc(C#Cc2ccc3ccc(C#Cc4cccc(C(=O)O)c4)nc3n2)c1. The fourth-order valence-electron chi connectivity index (χ4n) is 2.87. The molecule has 0 unspecified atom stereocenters. The zero-order valence-electron chi connectivity index (χ0n) is 16.5. The molecule has 0 saturated carbocycles. The summed E-state index contributed by atoms with van der Waals surface area (Å²) in [4.78, 5) is 31.1. The summed E-state index contributed by atoms with van der Waals surface area (Å²) in [6, 6.07) is 20.0. The third-order valence-electron chi connectivity index (χ3n) is 4.44. The zero-order chi connectivity index (χ0) is 22.5. The first-order valence-electron chi connectivity index (χ1n) is 9.46. The van der Waals surface area contributed by atoms with Crippen LogP contribution in [0.2, 0.25) is 0 Å². The van der Waals surface area contributed by atoms with Gasteiger partial charge < -0.3 is 10.2 Å². The van der Waals surface area contributed by atoms with Gasteiger partial charge in [0.05, 0.1) is 11.1 Å². The Bertz CT molecular complexity index is 1390. The number of nitrogens with zero attached hydrogens (tertiary/aromatic N) is 2. The van der Waals surface area contributed by atoms with Gasteiger partial charge in [-0.25, -0.2) is 19.6 Å². The van der Waals surface area contributed by atoms with Crippen LogP contribution in [0.4, 0.5) is 0 Å². The number of rotatable bonds is 2. The largest absolute Gasteiger partial charge is 0.478 e. The maximum absolute atomic E-state index is 11.1. The lowest BCUT2D eigenvalue weighted by Crippen LogP contribution is -1.96. The predicted octanol–water partition coefficient (Wildman–Crippen LogP) is 3.83. The van der Waals surface area contributed by atoms with Crippen LogP contribution in [0, 0.1) is 23.7 Å². The maximum atomic E-state index is 11.1. The summed E-state index contributed by atoms with van der Waals surface area (Å²) >= 11 is 0. The Hall–Kier alpha value is -4.94. The summed E-state index contributed by atoms with van der Waals surface area (Å²) in [5.41, 5.74) is 2.94. The highest BCUT2D eigenvalue weighted by Crippen LogP contribution is 2.12. The number of carbonyl (C=O) groups is 2. The Morgan fingerprint density at radius 3 is 1.53 bits per heavy atom. The van der Waals surface area contributed by atoms with Crippen molar-refractivity contribution in [1.29, 1.82) is 0 Å². The van der Waals surface area contributed by atoms with E-state index < -0.39 is 11.9 Å². The van der Waals surface area contributed by atoms with E-state index in [-0.39, 0.29) is 11.1 Å². The van der Waals surface area contributed by atoms with Gasteiger partial charge in [-0.1, -0.05) is 24.0 Å². The monoisotopic (exact) mass is 418 g/mol. The number of hydrogen-bond acceptors (Lipinski definition) is 4. The van der Waals surface area contributed by atoms with Crippen LogP contribution < -0.4 is 0 Å². The van der Waals surface area contributed by atoms with Crippen LogP contribution >= 0.6 is 0 Å². The van der Waals surface area contributed by atoms with Crippen LogP contribution in [-0.2, 0) is 0 Å². The smallest absolute Gasteiger partial charge is 0.335 e. The molecule has 6 nitrogen and oxygen atoms in total. The van der Waals surface area contributed by atoms with Gasteiger partial charge in [-0.15, -0.1) is 0 Å². The first kappa shape index (κ1) is 20.3. The highest BCUT2D eigenvalue weighted by molar-refractivity contribution is 5.88. The molecular formula is C26H14N2O4. The number of benzene rings is 2. The molecule has 0 aliphatic carbocycles. The summed E-state index contributed by atoms with van der Waals surface area (Å²) in [6.45, 7) is 0. The fourth-order valence-corrected chi connectivity index (χ4v) is 2.87. The normalized spacial score (nSPS) is 9.88. The number of carboxylic acids is 2. The van der Waals surface area contributed by atoms with Gasteiger partial charge in [-0.05, 0) is 72.5 Å². The average Bonchev–Trinajstić information content (AvgIpc) is 2.81. The topological polar surface area (TPSA) is 100 Å². The molecule has 4 aromatic rings. The molecular weight excluding hydrogens is 404 g/mol. The zero-order valence-corrected chi connectivity index (χ0v) is 16.5. The summed E-state index contributed by atoms with van der Waals surface area (Å²) in [6.07, 6.45) is 0. The van der Waals surface area contributed by atoms with Crippen molar-refractivity contribution in [3.8, 4) is 23.7 Å². The van der Waals surface area contributed by atoms with Crippen molar-refractivity contribution in [1.82, 2.24) is 9.97 Å². The summed E-state index contributed by atoms with van der Waals surface area (Å²) < 4.78 is 0. The van der Waals surface area contributed by atoms with Crippen molar-refractivity contribution in [2.45, 2.75) is 0 Å². The first-order valence-corrected chi connectivity index (χ1v) is 9.46. The molecule has 0 aliphatic rings. The lowest BCUT2D eigenvalue weighted by atomic mass is 10.1. The minimum Gasteiger partial charge on any atom is -0.478 e. The Balaban J connectivity index is 1.62.